The second kappa shape index (κ2) is 5.15. The molecule has 0 radical (unpaired) electrons. The van der Waals surface area contributed by atoms with Crippen LogP contribution >= 0.6 is 0 Å². The number of allylic oxidation sites excluding steroid dienone is 1. The van der Waals surface area contributed by atoms with Crippen LogP contribution in [0.3, 0.4) is 0 Å². The van der Waals surface area contributed by atoms with Crippen molar-refractivity contribution in [2.45, 2.75) is 64.8 Å². The summed E-state index contributed by atoms with van der Waals surface area (Å²) in [5.74, 6) is 6.09. The van der Waals surface area contributed by atoms with Gasteiger partial charge in [0.15, 0.2) is 5.60 Å². The number of aliphatic hydroxyl groups is 1. The average molecular weight is 292 g/mol. The van der Waals surface area contributed by atoms with E-state index in [0.717, 1.165) is 5.57 Å². The summed E-state index contributed by atoms with van der Waals surface area (Å²) in [5, 5.41) is 9.98. The molecule has 2 fully saturated rings. The minimum Gasteiger partial charge on any atom is -0.462 e. The van der Waals surface area contributed by atoms with Gasteiger partial charge in [-0.05, 0) is 31.9 Å². The summed E-state index contributed by atoms with van der Waals surface area (Å²) in [6.45, 7) is 9.71. The highest BCUT2D eigenvalue weighted by molar-refractivity contribution is 5.66. The van der Waals surface area contributed by atoms with Crippen LogP contribution in [0.4, 0.5) is 0 Å². The van der Waals surface area contributed by atoms with E-state index in [4.69, 9.17) is 9.47 Å². The molecule has 116 valence electrons. The van der Waals surface area contributed by atoms with E-state index in [1.54, 1.807) is 6.08 Å². The van der Waals surface area contributed by atoms with Crippen LogP contribution in [0.25, 0.3) is 0 Å². The fraction of sp³-hybridized carbons (Fsp3) is 0.706. The molecule has 0 spiro atoms. The van der Waals surface area contributed by atoms with Gasteiger partial charge in [0, 0.05) is 18.8 Å². The summed E-state index contributed by atoms with van der Waals surface area (Å²) in [6, 6.07) is 0. The molecule has 0 aromatic carbocycles. The monoisotopic (exact) mass is 292 g/mol. The first kappa shape index (κ1) is 16.1. The van der Waals surface area contributed by atoms with Crippen molar-refractivity contribution in [1.29, 1.82) is 0 Å². The van der Waals surface area contributed by atoms with Gasteiger partial charge < -0.3 is 14.6 Å². The van der Waals surface area contributed by atoms with Crippen molar-refractivity contribution in [3.63, 3.8) is 0 Å². The lowest BCUT2D eigenvalue weighted by molar-refractivity contribution is -0.139. The Hall–Kier alpha value is -1.31. The van der Waals surface area contributed by atoms with Crippen LogP contribution in [0.5, 0.6) is 0 Å². The lowest BCUT2D eigenvalue weighted by Crippen LogP contribution is -2.46. The van der Waals surface area contributed by atoms with Crippen LogP contribution in [0, 0.1) is 17.3 Å². The van der Waals surface area contributed by atoms with Crippen molar-refractivity contribution < 1.29 is 19.4 Å². The number of carbonyl (C=O) groups is 1. The van der Waals surface area contributed by atoms with Gasteiger partial charge in [-0.1, -0.05) is 25.7 Å². The maximum Gasteiger partial charge on any atom is 0.302 e. The van der Waals surface area contributed by atoms with Crippen molar-refractivity contribution in [2.24, 2.45) is 5.41 Å². The Labute approximate surface area is 126 Å². The molecule has 1 aliphatic carbocycles. The van der Waals surface area contributed by atoms with Gasteiger partial charge in [-0.3, -0.25) is 4.79 Å². The first-order valence-electron chi connectivity index (χ1n) is 7.33. The highest BCUT2D eigenvalue weighted by Crippen LogP contribution is 2.64. The van der Waals surface area contributed by atoms with Gasteiger partial charge in [0.25, 0.3) is 0 Å². The predicted octanol–water partition coefficient (Wildman–Crippen LogP) is 2.21. The molecule has 4 nitrogen and oxygen atoms in total. The number of rotatable bonds is 2. The van der Waals surface area contributed by atoms with Gasteiger partial charge in [0.2, 0.25) is 0 Å². The first-order chi connectivity index (χ1) is 9.62. The van der Waals surface area contributed by atoms with Crippen molar-refractivity contribution >= 4 is 5.97 Å². The first-order valence-corrected chi connectivity index (χ1v) is 7.33. The number of ether oxygens (including phenoxy) is 2. The second-order valence-electron chi connectivity index (χ2n) is 6.90. The van der Waals surface area contributed by atoms with Gasteiger partial charge in [-0.25, -0.2) is 0 Å². The normalized spacial score (nSPS) is 37.0. The fourth-order valence-electron chi connectivity index (χ4n) is 3.45. The van der Waals surface area contributed by atoms with E-state index < -0.39 is 5.60 Å². The minimum absolute atomic E-state index is 0.192. The van der Waals surface area contributed by atoms with E-state index in [1.165, 1.54) is 6.92 Å². The van der Waals surface area contributed by atoms with Gasteiger partial charge in [-0.15, -0.1) is 0 Å². The number of aliphatic hydroxyl groups excluding tert-OH is 1. The number of carbonyl (C=O) groups excluding carboxylic acids is 1. The van der Waals surface area contributed by atoms with Gasteiger partial charge in [0.1, 0.15) is 12.2 Å². The van der Waals surface area contributed by atoms with Crippen LogP contribution in [0.15, 0.2) is 11.6 Å². The molecule has 3 unspecified atom stereocenters. The average Bonchev–Trinajstić information content (AvgIpc) is 2.92. The summed E-state index contributed by atoms with van der Waals surface area (Å²) in [6.07, 6.45) is 2.77. The quantitative estimate of drug-likeness (QED) is 0.481. The van der Waals surface area contributed by atoms with Crippen molar-refractivity contribution in [1.82, 2.24) is 0 Å². The van der Waals surface area contributed by atoms with E-state index in [1.807, 2.05) is 13.8 Å². The third-order valence-corrected chi connectivity index (χ3v) is 4.52. The van der Waals surface area contributed by atoms with Crippen LogP contribution in [0.2, 0.25) is 0 Å². The SMILES string of the molecule is CC(=O)OC/C=C(/C)C#CC12OC1(C)CC(O)CC2(C)C. The van der Waals surface area contributed by atoms with Crippen LogP contribution in [-0.2, 0) is 14.3 Å². The maximum absolute atomic E-state index is 10.7. The molecule has 2 aliphatic rings. The molecule has 4 heteroatoms. The molecular weight excluding hydrogens is 268 g/mol. The zero-order valence-corrected chi connectivity index (χ0v) is 13.4. The van der Waals surface area contributed by atoms with Crippen molar-refractivity contribution in [3.8, 4) is 11.8 Å². The standard InChI is InChI=1S/C17H24O4/c1-12(7-9-20-13(2)18)6-8-17-15(3,4)10-14(19)11-16(17,5)21-17/h7,14,19H,9-11H2,1-5H3/b12-7-. The molecular formula is C17H24O4. The number of esters is 1. The Morgan fingerprint density at radius 2 is 2.05 bits per heavy atom. The Bertz CT molecular complexity index is 537. The lowest BCUT2D eigenvalue weighted by Gasteiger charge is -2.37. The van der Waals surface area contributed by atoms with Crippen LogP contribution < -0.4 is 0 Å². The molecule has 1 N–H and O–H groups in total. The number of hydrogen-bond donors (Lipinski definition) is 1. The van der Waals surface area contributed by atoms with E-state index in [2.05, 4.69) is 25.7 Å². The van der Waals surface area contributed by atoms with Crippen molar-refractivity contribution in [3.05, 3.63) is 11.6 Å². The number of fused-ring (bicyclic) bond motifs is 1. The number of hydrogen-bond acceptors (Lipinski definition) is 4. The lowest BCUT2D eigenvalue weighted by atomic mass is 9.63. The van der Waals surface area contributed by atoms with Crippen LogP contribution in [0.1, 0.15) is 47.5 Å². The topological polar surface area (TPSA) is 59.1 Å². The smallest absolute Gasteiger partial charge is 0.302 e. The summed E-state index contributed by atoms with van der Waals surface area (Å²) < 4.78 is 10.9. The predicted molar refractivity (Wildman–Crippen MR) is 79.4 cm³/mol. The molecule has 0 amide bonds. The van der Waals surface area contributed by atoms with E-state index in [0.29, 0.717) is 12.8 Å². The third-order valence-electron chi connectivity index (χ3n) is 4.52. The number of epoxide rings is 1. The Morgan fingerprint density at radius 1 is 1.38 bits per heavy atom. The summed E-state index contributed by atoms with van der Waals surface area (Å²) in [4.78, 5) is 10.7. The molecule has 1 heterocycles. The molecule has 1 saturated carbocycles. The largest absolute Gasteiger partial charge is 0.462 e. The van der Waals surface area contributed by atoms with Crippen molar-refractivity contribution in [2.75, 3.05) is 6.61 Å². The maximum atomic E-state index is 10.7. The fourth-order valence-corrected chi connectivity index (χ4v) is 3.45. The molecule has 3 atom stereocenters. The van der Waals surface area contributed by atoms with Crippen LogP contribution in [-0.4, -0.2) is 35.0 Å². The summed E-state index contributed by atoms with van der Waals surface area (Å²) in [7, 11) is 0. The molecule has 1 aliphatic heterocycles. The van der Waals surface area contributed by atoms with Gasteiger partial charge >= 0.3 is 5.97 Å². The molecule has 0 bridgehead atoms. The molecule has 21 heavy (non-hydrogen) atoms. The third kappa shape index (κ3) is 2.86. The molecule has 1 saturated heterocycles. The highest BCUT2D eigenvalue weighted by atomic mass is 16.6. The highest BCUT2D eigenvalue weighted by Gasteiger charge is 2.75. The van der Waals surface area contributed by atoms with Gasteiger partial charge in [-0.2, -0.15) is 0 Å². The second-order valence-corrected chi connectivity index (χ2v) is 6.90. The van der Waals surface area contributed by atoms with Gasteiger partial charge in [0.05, 0.1) is 6.10 Å². The Kier molecular flexibility index (Phi) is 3.94. The van der Waals surface area contributed by atoms with E-state index >= 15 is 0 Å². The van der Waals surface area contributed by atoms with E-state index in [9.17, 15) is 9.90 Å². The summed E-state index contributed by atoms with van der Waals surface area (Å²) >= 11 is 0. The minimum atomic E-state index is -0.490. The summed E-state index contributed by atoms with van der Waals surface area (Å²) in [5.41, 5.74) is -0.194. The zero-order chi connectivity index (χ0) is 15.9. The molecule has 2 rings (SSSR count). The Morgan fingerprint density at radius 3 is 2.62 bits per heavy atom. The molecule has 0 aromatic rings. The zero-order valence-electron chi connectivity index (χ0n) is 13.4. The van der Waals surface area contributed by atoms with E-state index in [-0.39, 0.29) is 29.7 Å². The molecule has 0 aromatic heterocycles. The Balaban J connectivity index is 2.13.